The van der Waals surface area contributed by atoms with Crippen molar-refractivity contribution in [1.82, 2.24) is 10.2 Å². The van der Waals surface area contributed by atoms with Crippen molar-refractivity contribution in [3.05, 3.63) is 21.9 Å². The Balaban J connectivity index is 1.94. The van der Waals surface area contributed by atoms with Crippen molar-refractivity contribution in [2.45, 2.75) is 0 Å². The van der Waals surface area contributed by atoms with Gasteiger partial charge in [-0.15, -0.1) is 33.7 Å². The summed E-state index contributed by atoms with van der Waals surface area (Å²) in [6.07, 6.45) is 0. The molecule has 0 unspecified atom stereocenters. The van der Waals surface area contributed by atoms with Crippen LogP contribution >= 0.6 is 23.5 Å². The molecular formula is C11H9N3O3S2. The van der Waals surface area contributed by atoms with E-state index in [9.17, 15) is 9.59 Å². The molecule has 19 heavy (non-hydrogen) atoms. The third kappa shape index (κ3) is 2.00. The summed E-state index contributed by atoms with van der Waals surface area (Å²) in [7, 11) is 1.48. The first kappa shape index (κ1) is 12.5. The van der Waals surface area contributed by atoms with Crippen molar-refractivity contribution in [3.8, 4) is 5.88 Å². The second-order valence-electron chi connectivity index (χ2n) is 3.73. The first-order chi connectivity index (χ1) is 9.22. The summed E-state index contributed by atoms with van der Waals surface area (Å²) in [6.45, 7) is 0. The second kappa shape index (κ2) is 4.86. The van der Waals surface area contributed by atoms with Crippen LogP contribution in [-0.4, -0.2) is 40.6 Å². The van der Waals surface area contributed by atoms with Crippen LogP contribution in [0.4, 0.5) is 5.82 Å². The van der Waals surface area contributed by atoms with Crippen LogP contribution in [-0.2, 0) is 9.59 Å². The Morgan fingerprint density at radius 2 is 1.74 bits per heavy atom. The van der Waals surface area contributed by atoms with Crippen LogP contribution in [0, 0.1) is 0 Å². The minimum atomic E-state index is -0.309. The number of thioether (sulfide) groups is 2. The minimum absolute atomic E-state index is 0.228. The number of methoxy groups -OCH3 is 1. The largest absolute Gasteiger partial charge is 0.480 e. The van der Waals surface area contributed by atoms with Gasteiger partial charge in [-0.25, -0.2) is 4.90 Å². The average Bonchev–Trinajstić information content (AvgIpc) is 2.72. The van der Waals surface area contributed by atoms with E-state index in [0.29, 0.717) is 15.7 Å². The first-order valence-corrected chi connectivity index (χ1v) is 7.46. The van der Waals surface area contributed by atoms with Crippen molar-refractivity contribution in [3.63, 3.8) is 0 Å². The van der Waals surface area contributed by atoms with Gasteiger partial charge in [0.15, 0.2) is 5.82 Å². The van der Waals surface area contributed by atoms with E-state index in [-0.39, 0.29) is 17.6 Å². The third-order valence-corrected chi connectivity index (χ3v) is 5.18. The molecule has 2 amide bonds. The molecular weight excluding hydrogens is 286 g/mol. The molecule has 8 heteroatoms. The van der Waals surface area contributed by atoms with Gasteiger partial charge in [-0.2, -0.15) is 0 Å². The second-order valence-corrected chi connectivity index (χ2v) is 5.95. The Morgan fingerprint density at radius 3 is 2.21 bits per heavy atom. The molecule has 0 aliphatic carbocycles. The Hall–Kier alpha value is -1.54. The lowest BCUT2D eigenvalue weighted by molar-refractivity contribution is -0.120. The van der Waals surface area contributed by atoms with Crippen LogP contribution in [0.2, 0.25) is 0 Å². The molecule has 1 aromatic heterocycles. The van der Waals surface area contributed by atoms with E-state index >= 15 is 0 Å². The molecule has 0 fully saturated rings. The lowest BCUT2D eigenvalue weighted by Gasteiger charge is -2.12. The van der Waals surface area contributed by atoms with E-state index in [4.69, 9.17) is 4.74 Å². The maximum atomic E-state index is 12.2. The van der Waals surface area contributed by atoms with Crippen molar-refractivity contribution < 1.29 is 14.3 Å². The number of aromatic nitrogens is 2. The molecule has 3 rings (SSSR count). The summed E-state index contributed by atoms with van der Waals surface area (Å²) >= 11 is 2.85. The first-order valence-electron chi connectivity index (χ1n) is 5.48. The number of hydrogen-bond acceptors (Lipinski definition) is 7. The van der Waals surface area contributed by atoms with Gasteiger partial charge in [0.25, 0.3) is 11.8 Å². The molecule has 6 nitrogen and oxygen atoms in total. The lowest BCUT2D eigenvalue weighted by Crippen LogP contribution is -2.32. The van der Waals surface area contributed by atoms with Gasteiger partial charge >= 0.3 is 0 Å². The molecule has 3 heterocycles. The van der Waals surface area contributed by atoms with Crippen molar-refractivity contribution >= 4 is 41.2 Å². The van der Waals surface area contributed by atoms with E-state index in [0.717, 1.165) is 16.4 Å². The fraction of sp³-hybridized carbons (Fsp3) is 0.273. The fourth-order valence-electron chi connectivity index (χ4n) is 1.78. The quantitative estimate of drug-likeness (QED) is 0.755. The number of ether oxygens (including phenoxy) is 1. The van der Waals surface area contributed by atoms with Gasteiger partial charge in [0, 0.05) is 17.6 Å². The summed E-state index contributed by atoms with van der Waals surface area (Å²) < 4.78 is 4.90. The van der Waals surface area contributed by atoms with Crippen molar-refractivity contribution in [2.24, 2.45) is 0 Å². The molecule has 98 valence electrons. The Morgan fingerprint density at radius 1 is 1.11 bits per heavy atom. The maximum Gasteiger partial charge on any atom is 0.274 e. The van der Waals surface area contributed by atoms with E-state index < -0.39 is 0 Å². The van der Waals surface area contributed by atoms with Crippen LogP contribution < -0.4 is 9.64 Å². The number of carbonyl (C=O) groups is 2. The molecule has 2 aliphatic heterocycles. The van der Waals surface area contributed by atoms with Gasteiger partial charge in [-0.3, -0.25) is 9.59 Å². The molecule has 0 N–H and O–H groups in total. The molecule has 1 aromatic rings. The van der Waals surface area contributed by atoms with Gasteiger partial charge < -0.3 is 4.74 Å². The Bertz CT molecular complexity index is 557. The zero-order valence-electron chi connectivity index (χ0n) is 9.95. The molecule has 0 saturated carbocycles. The number of rotatable bonds is 2. The van der Waals surface area contributed by atoms with Crippen molar-refractivity contribution in [1.29, 1.82) is 0 Å². The molecule has 0 atom stereocenters. The number of carbonyl (C=O) groups excluding carboxylic acids is 2. The summed E-state index contributed by atoms with van der Waals surface area (Å²) in [5.74, 6) is 1.62. The lowest BCUT2D eigenvalue weighted by atomic mass is 10.4. The third-order valence-electron chi connectivity index (χ3n) is 2.64. The van der Waals surface area contributed by atoms with Gasteiger partial charge in [-0.05, 0) is 6.07 Å². The average molecular weight is 295 g/mol. The standard InChI is InChI=1S/C11H9N3O3S2/c1-17-7-3-2-6(12-13-7)14-10(15)8-9(11(14)16)19-5-4-18-8/h2-3H,4-5H2,1H3. The zero-order chi connectivity index (χ0) is 13.4. The highest BCUT2D eigenvalue weighted by atomic mass is 32.2. The fourth-order valence-corrected chi connectivity index (χ4v) is 4.08. The molecule has 0 saturated heterocycles. The van der Waals surface area contributed by atoms with Gasteiger partial charge in [0.2, 0.25) is 5.88 Å². The smallest absolute Gasteiger partial charge is 0.274 e. The number of imide groups is 1. The minimum Gasteiger partial charge on any atom is -0.480 e. The number of nitrogens with zero attached hydrogens (tertiary/aromatic N) is 3. The normalized spacial score (nSPS) is 18.9. The van der Waals surface area contributed by atoms with Crippen LogP contribution in [0.25, 0.3) is 0 Å². The predicted molar refractivity (Wildman–Crippen MR) is 73.0 cm³/mol. The predicted octanol–water partition coefficient (Wildman–Crippen LogP) is 1.05. The molecule has 0 radical (unpaired) electrons. The SMILES string of the molecule is COc1ccc(N2C(=O)C3=C(SCCS3)C2=O)nn1. The molecule has 0 aromatic carbocycles. The van der Waals surface area contributed by atoms with E-state index in [2.05, 4.69) is 10.2 Å². The zero-order valence-corrected chi connectivity index (χ0v) is 11.6. The molecule has 0 bridgehead atoms. The molecule has 0 spiro atoms. The maximum absolute atomic E-state index is 12.2. The van der Waals surface area contributed by atoms with Crippen molar-refractivity contribution in [2.75, 3.05) is 23.5 Å². The Labute approximate surface area is 117 Å². The van der Waals surface area contributed by atoms with E-state index in [1.165, 1.54) is 30.6 Å². The van der Waals surface area contributed by atoms with E-state index in [1.54, 1.807) is 12.1 Å². The summed E-state index contributed by atoms with van der Waals surface area (Å²) in [5.41, 5.74) is 0. The van der Waals surface area contributed by atoms with Crippen LogP contribution in [0.1, 0.15) is 0 Å². The van der Waals surface area contributed by atoms with Gasteiger partial charge in [0.1, 0.15) is 0 Å². The molecule has 2 aliphatic rings. The summed E-state index contributed by atoms with van der Waals surface area (Å²) in [5, 5.41) is 7.63. The monoisotopic (exact) mass is 295 g/mol. The topological polar surface area (TPSA) is 72.4 Å². The van der Waals surface area contributed by atoms with Crippen LogP contribution in [0.15, 0.2) is 21.9 Å². The Kier molecular flexibility index (Phi) is 3.19. The highest BCUT2D eigenvalue weighted by Gasteiger charge is 2.42. The van der Waals surface area contributed by atoms with Gasteiger partial charge in [-0.1, -0.05) is 0 Å². The van der Waals surface area contributed by atoms with Gasteiger partial charge in [0.05, 0.1) is 16.9 Å². The highest BCUT2D eigenvalue weighted by Crippen LogP contribution is 2.41. The van der Waals surface area contributed by atoms with Crippen LogP contribution in [0.5, 0.6) is 5.88 Å². The summed E-state index contributed by atoms with van der Waals surface area (Å²) in [4.78, 5) is 26.6. The number of amides is 2. The highest BCUT2D eigenvalue weighted by molar-refractivity contribution is 8.11. The number of anilines is 1. The summed E-state index contributed by atoms with van der Waals surface area (Å²) in [6, 6.07) is 3.12. The van der Waals surface area contributed by atoms with E-state index in [1.807, 2.05) is 0 Å². The van der Waals surface area contributed by atoms with Crippen LogP contribution in [0.3, 0.4) is 0 Å². The number of hydrogen-bond donors (Lipinski definition) is 0.